The van der Waals surface area contributed by atoms with E-state index in [-0.39, 0.29) is 0 Å². The Morgan fingerprint density at radius 2 is 1.92 bits per heavy atom. The molecule has 0 aromatic heterocycles. The predicted octanol–water partition coefficient (Wildman–Crippen LogP) is 2.46. The molecule has 13 heavy (non-hydrogen) atoms. The molecule has 0 saturated carbocycles. The molecule has 1 aromatic carbocycles. The fourth-order valence-electron chi connectivity index (χ4n) is 2.03. The maximum absolute atomic E-state index is 3.48. The third-order valence-corrected chi connectivity index (χ3v) is 2.90. The molecule has 0 spiro atoms. The van der Waals surface area contributed by atoms with Crippen molar-refractivity contribution in [3.8, 4) is 0 Å². The highest BCUT2D eigenvalue weighted by Gasteiger charge is 2.21. The van der Waals surface area contributed by atoms with E-state index in [9.17, 15) is 0 Å². The topological polar surface area (TPSA) is 12.0 Å². The zero-order chi connectivity index (χ0) is 9.26. The number of benzene rings is 1. The molecule has 0 aliphatic carbocycles. The summed E-state index contributed by atoms with van der Waals surface area (Å²) in [5, 5.41) is 3.48. The van der Waals surface area contributed by atoms with Gasteiger partial charge in [-0.2, -0.15) is 0 Å². The Bertz CT molecular complexity index is 276. The SMILES string of the molecule is Cc1ccc([C@@H]2CN[C@H](C)C2)cc1. The summed E-state index contributed by atoms with van der Waals surface area (Å²) in [6.45, 7) is 5.54. The van der Waals surface area contributed by atoms with E-state index >= 15 is 0 Å². The first-order chi connectivity index (χ1) is 6.25. The highest BCUT2D eigenvalue weighted by Crippen LogP contribution is 2.25. The molecule has 1 saturated heterocycles. The molecule has 0 radical (unpaired) electrons. The van der Waals surface area contributed by atoms with Crippen molar-refractivity contribution >= 4 is 0 Å². The van der Waals surface area contributed by atoms with Crippen molar-refractivity contribution in [1.82, 2.24) is 5.32 Å². The van der Waals surface area contributed by atoms with Gasteiger partial charge in [0.2, 0.25) is 0 Å². The number of aryl methyl sites for hydroxylation is 1. The lowest BCUT2D eigenvalue weighted by molar-refractivity contribution is 0.658. The van der Waals surface area contributed by atoms with E-state index in [1.54, 1.807) is 0 Å². The van der Waals surface area contributed by atoms with Gasteiger partial charge in [0.25, 0.3) is 0 Å². The van der Waals surface area contributed by atoms with Crippen molar-refractivity contribution in [3.63, 3.8) is 0 Å². The summed E-state index contributed by atoms with van der Waals surface area (Å²) in [4.78, 5) is 0. The second-order valence-electron chi connectivity index (χ2n) is 4.15. The molecule has 1 N–H and O–H groups in total. The van der Waals surface area contributed by atoms with Crippen molar-refractivity contribution in [2.45, 2.75) is 32.2 Å². The molecular formula is C12H17N. The Kier molecular flexibility index (Phi) is 2.36. The number of rotatable bonds is 1. The Labute approximate surface area is 80.2 Å². The first-order valence-electron chi connectivity index (χ1n) is 5.05. The number of nitrogens with one attached hydrogen (secondary N) is 1. The minimum atomic E-state index is 0.686. The predicted molar refractivity (Wildman–Crippen MR) is 56.0 cm³/mol. The Morgan fingerprint density at radius 1 is 1.23 bits per heavy atom. The van der Waals surface area contributed by atoms with Gasteiger partial charge in [0.1, 0.15) is 0 Å². The van der Waals surface area contributed by atoms with Gasteiger partial charge < -0.3 is 5.32 Å². The summed E-state index contributed by atoms with van der Waals surface area (Å²) < 4.78 is 0. The standard InChI is InChI=1S/C12H17N/c1-9-3-5-11(6-4-9)12-7-10(2)13-8-12/h3-6,10,12-13H,7-8H2,1-2H3/t10-,12+/m1/s1. The van der Waals surface area contributed by atoms with Crippen LogP contribution < -0.4 is 5.32 Å². The van der Waals surface area contributed by atoms with E-state index in [2.05, 4.69) is 43.4 Å². The largest absolute Gasteiger partial charge is 0.314 e. The first kappa shape index (κ1) is 8.76. The van der Waals surface area contributed by atoms with Gasteiger partial charge in [-0.05, 0) is 31.7 Å². The van der Waals surface area contributed by atoms with Crippen molar-refractivity contribution in [3.05, 3.63) is 35.4 Å². The average molecular weight is 175 g/mol. The molecule has 1 aromatic rings. The van der Waals surface area contributed by atoms with E-state index < -0.39 is 0 Å². The number of hydrogen-bond acceptors (Lipinski definition) is 1. The van der Waals surface area contributed by atoms with E-state index in [0.29, 0.717) is 6.04 Å². The summed E-state index contributed by atoms with van der Waals surface area (Å²) in [5.74, 6) is 0.732. The van der Waals surface area contributed by atoms with Gasteiger partial charge in [-0.1, -0.05) is 29.8 Å². The summed E-state index contributed by atoms with van der Waals surface area (Å²) in [7, 11) is 0. The van der Waals surface area contributed by atoms with Crippen LogP contribution >= 0.6 is 0 Å². The van der Waals surface area contributed by atoms with Crippen LogP contribution in [0.3, 0.4) is 0 Å². The summed E-state index contributed by atoms with van der Waals surface area (Å²) >= 11 is 0. The molecular weight excluding hydrogens is 158 g/mol. The smallest absolute Gasteiger partial charge is 0.00452 e. The Balaban J connectivity index is 2.13. The van der Waals surface area contributed by atoms with Crippen LogP contribution in [0.1, 0.15) is 30.4 Å². The lowest BCUT2D eigenvalue weighted by Crippen LogP contribution is -2.16. The van der Waals surface area contributed by atoms with Gasteiger partial charge in [-0.15, -0.1) is 0 Å². The van der Waals surface area contributed by atoms with E-state index in [1.165, 1.54) is 17.5 Å². The van der Waals surface area contributed by atoms with Gasteiger partial charge in [0, 0.05) is 12.6 Å². The quantitative estimate of drug-likeness (QED) is 0.691. The van der Waals surface area contributed by atoms with Crippen molar-refractivity contribution in [1.29, 1.82) is 0 Å². The van der Waals surface area contributed by atoms with Crippen LogP contribution in [0.15, 0.2) is 24.3 Å². The molecule has 2 atom stereocenters. The van der Waals surface area contributed by atoms with Crippen LogP contribution in [0.25, 0.3) is 0 Å². The second-order valence-corrected chi connectivity index (χ2v) is 4.15. The average Bonchev–Trinajstić information content (AvgIpc) is 2.53. The van der Waals surface area contributed by atoms with Crippen LogP contribution in [0.5, 0.6) is 0 Å². The lowest BCUT2D eigenvalue weighted by atomic mass is 9.96. The molecule has 0 bridgehead atoms. The van der Waals surface area contributed by atoms with Crippen LogP contribution in [-0.2, 0) is 0 Å². The molecule has 1 fully saturated rings. The lowest BCUT2D eigenvalue weighted by Gasteiger charge is -2.08. The van der Waals surface area contributed by atoms with Crippen LogP contribution in [0, 0.1) is 6.92 Å². The Hall–Kier alpha value is -0.820. The van der Waals surface area contributed by atoms with Gasteiger partial charge >= 0.3 is 0 Å². The van der Waals surface area contributed by atoms with Crippen molar-refractivity contribution < 1.29 is 0 Å². The molecule has 1 heterocycles. The van der Waals surface area contributed by atoms with E-state index in [4.69, 9.17) is 0 Å². The summed E-state index contributed by atoms with van der Waals surface area (Å²) in [6.07, 6.45) is 1.28. The minimum Gasteiger partial charge on any atom is -0.314 e. The third-order valence-electron chi connectivity index (χ3n) is 2.90. The molecule has 2 rings (SSSR count). The highest BCUT2D eigenvalue weighted by molar-refractivity contribution is 5.25. The first-order valence-corrected chi connectivity index (χ1v) is 5.05. The normalized spacial score (nSPS) is 27.8. The molecule has 1 aliphatic rings. The zero-order valence-electron chi connectivity index (χ0n) is 8.38. The molecule has 1 heteroatoms. The zero-order valence-corrected chi connectivity index (χ0v) is 8.38. The molecule has 1 nitrogen and oxygen atoms in total. The number of hydrogen-bond donors (Lipinski definition) is 1. The van der Waals surface area contributed by atoms with Crippen molar-refractivity contribution in [2.24, 2.45) is 0 Å². The summed E-state index contributed by atoms with van der Waals surface area (Å²) in [6, 6.07) is 9.63. The molecule has 70 valence electrons. The summed E-state index contributed by atoms with van der Waals surface area (Å²) in [5.41, 5.74) is 2.84. The van der Waals surface area contributed by atoms with E-state index in [0.717, 1.165) is 12.5 Å². The molecule has 1 aliphatic heterocycles. The van der Waals surface area contributed by atoms with E-state index in [1.807, 2.05) is 0 Å². The third kappa shape index (κ3) is 1.92. The van der Waals surface area contributed by atoms with Crippen LogP contribution in [0.4, 0.5) is 0 Å². The second kappa shape index (κ2) is 3.51. The Morgan fingerprint density at radius 3 is 2.46 bits per heavy atom. The van der Waals surface area contributed by atoms with Gasteiger partial charge in [-0.25, -0.2) is 0 Å². The fourth-order valence-corrected chi connectivity index (χ4v) is 2.03. The fraction of sp³-hybridized carbons (Fsp3) is 0.500. The van der Waals surface area contributed by atoms with Crippen molar-refractivity contribution in [2.75, 3.05) is 6.54 Å². The highest BCUT2D eigenvalue weighted by atomic mass is 14.9. The maximum Gasteiger partial charge on any atom is 0.00452 e. The van der Waals surface area contributed by atoms with Gasteiger partial charge in [0.15, 0.2) is 0 Å². The van der Waals surface area contributed by atoms with Gasteiger partial charge in [-0.3, -0.25) is 0 Å². The van der Waals surface area contributed by atoms with Gasteiger partial charge in [0.05, 0.1) is 0 Å². The minimum absolute atomic E-state index is 0.686. The van der Waals surface area contributed by atoms with Crippen LogP contribution in [0.2, 0.25) is 0 Å². The maximum atomic E-state index is 3.48. The molecule has 0 unspecified atom stereocenters. The van der Waals surface area contributed by atoms with Crippen LogP contribution in [-0.4, -0.2) is 12.6 Å². The molecule has 0 amide bonds. The monoisotopic (exact) mass is 175 g/mol.